The van der Waals surface area contributed by atoms with Crippen LogP contribution in [0.25, 0.3) is 0 Å². The minimum Gasteiger partial charge on any atom is -0.480 e. The largest absolute Gasteiger partial charge is 0.480 e. The second kappa shape index (κ2) is 6.61. The smallest absolute Gasteiger partial charge is 0.326 e. The van der Waals surface area contributed by atoms with Crippen molar-refractivity contribution in [1.29, 1.82) is 0 Å². The van der Waals surface area contributed by atoms with Gasteiger partial charge in [-0.1, -0.05) is 11.6 Å². The second-order valence-electron chi connectivity index (χ2n) is 3.82. The van der Waals surface area contributed by atoms with E-state index in [1.165, 1.54) is 0 Å². The Morgan fingerprint density at radius 1 is 1.52 bits per heavy atom. The van der Waals surface area contributed by atoms with E-state index in [9.17, 15) is 24.5 Å². The van der Waals surface area contributed by atoms with Crippen molar-refractivity contribution >= 4 is 35.1 Å². The second-order valence-corrected chi connectivity index (χ2v) is 4.18. The van der Waals surface area contributed by atoms with Gasteiger partial charge in [0.2, 0.25) is 5.91 Å². The van der Waals surface area contributed by atoms with Crippen LogP contribution in [0.3, 0.4) is 0 Å². The summed E-state index contributed by atoms with van der Waals surface area (Å²) in [7, 11) is 0. The van der Waals surface area contributed by atoms with Crippen molar-refractivity contribution in [2.24, 2.45) is 5.73 Å². The van der Waals surface area contributed by atoms with E-state index < -0.39 is 40.9 Å². The van der Waals surface area contributed by atoms with Gasteiger partial charge < -0.3 is 16.2 Å². The van der Waals surface area contributed by atoms with Crippen LogP contribution in [0.1, 0.15) is 16.8 Å². The molecule has 1 heterocycles. The third kappa shape index (κ3) is 4.38. The van der Waals surface area contributed by atoms with Crippen molar-refractivity contribution in [1.82, 2.24) is 10.3 Å². The van der Waals surface area contributed by atoms with Gasteiger partial charge >= 0.3 is 5.97 Å². The van der Waals surface area contributed by atoms with Gasteiger partial charge in [0.15, 0.2) is 0 Å². The Morgan fingerprint density at radius 3 is 2.62 bits per heavy atom. The third-order valence-corrected chi connectivity index (χ3v) is 2.59. The number of nitrogens with zero attached hydrogens (tertiary/aromatic N) is 2. The number of nitro groups is 1. The monoisotopic (exact) mass is 316 g/mol. The summed E-state index contributed by atoms with van der Waals surface area (Å²) in [4.78, 5) is 46.7. The number of hydrogen-bond donors (Lipinski definition) is 3. The molecular weight excluding hydrogens is 308 g/mol. The third-order valence-electron chi connectivity index (χ3n) is 2.29. The van der Waals surface area contributed by atoms with E-state index in [0.717, 1.165) is 12.3 Å². The number of carboxylic acids is 1. The van der Waals surface area contributed by atoms with Crippen molar-refractivity contribution in [3.05, 3.63) is 33.1 Å². The zero-order chi connectivity index (χ0) is 16.2. The fourth-order valence-electron chi connectivity index (χ4n) is 1.33. The van der Waals surface area contributed by atoms with Crippen LogP contribution in [0.5, 0.6) is 0 Å². The minimum atomic E-state index is -1.58. The summed E-state index contributed by atoms with van der Waals surface area (Å²) in [5.41, 5.74) is 3.98. The number of aliphatic carboxylic acids is 1. The normalized spacial score (nSPS) is 11.5. The number of hydrogen-bond acceptors (Lipinski definition) is 6. The summed E-state index contributed by atoms with van der Waals surface area (Å²) < 4.78 is 0. The number of primary amides is 1. The average Bonchev–Trinajstić information content (AvgIpc) is 2.37. The van der Waals surface area contributed by atoms with Gasteiger partial charge in [0.1, 0.15) is 17.4 Å². The van der Waals surface area contributed by atoms with E-state index in [4.69, 9.17) is 22.4 Å². The van der Waals surface area contributed by atoms with Crippen LogP contribution in [-0.4, -0.2) is 38.8 Å². The molecule has 2 amide bonds. The number of nitrogens with one attached hydrogen (secondary N) is 1. The molecule has 4 N–H and O–H groups in total. The molecule has 0 aromatic carbocycles. The quantitative estimate of drug-likeness (QED) is 0.368. The van der Waals surface area contributed by atoms with Crippen molar-refractivity contribution in [2.45, 2.75) is 12.5 Å². The molecule has 11 heteroatoms. The maximum Gasteiger partial charge on any atom is 0.326 e. The van der Waals surface area contributed by atoms with E-state index in [2.05, 4.69) is 4.98 Å². The molecule has 0 aliphatic heterocycles. The number of nitrogens with two attached hydrogens (primary N) is 1. The molecule has 0 bridgehead atoms. The predicted octanol–water partition coefficient (Wildman–Crippen LogP) is -0.298. The molecule has 0 saturated carbocycles. The van der Waals surface area contributed by atoms with E-state index in [1.807, 2.05) is 5.32 Å². The predicted molar refractivity (Wildman–Crippen MR) is 68.6 cm³/mol. The maximum atomic E-state index is 11.9. The van der Waals surface area contributed by atoms with E-state index >= 15 is 0 Å². The van der Waals surface area contributed by atoms with Gasteiger partial charge in [0.25, 0.3) is 11.6 Å². The molecule has 1 aromatic heterocycles. The summed E-state index contributed by atoms with van der Waals surface area (Å²) in [5.74, 6) is -3.45. The molecule has 1 atom stereocenters. The molecule has 21 heavy (non-hydrogen) atoms. The van der Waals surface area contributed by atoms with Crippen molar-refractivity contribution in [3.63, 3.8) is 0 Å². The summed E-state index contributed by atoms with van der Waals surface area (Å²) in [5, 5.41) is 21.1. The van der Waals surface area contributed by atoms with Crippen LogP contribution in [0.15, 0.2) is 12.3 Å². The molecule has 0 unspecified atom stereocenters. The number of rotatable bonds is 6. The lowest BCUT2D eigenvalue weighted by Crippen LogP contribution is -2.43. The molecule has 0 spiro atoms. The number of pyridine rings is 1. The molecule has 0 aliphatic rings. The molecule has 0 aliphatic carbocycles. The number of carboxylic acid groups (broad SMARTS) is 1. The van der Waals surface area contributed by atoms with E-state index in [1.54, 1.807) is 0 Å². The molecule has 0 radical (unpaired) electrons. The highest BCUT2D eigenvalue weighted by molar-refractivity contribution is 6.32. The highest BCUT2D eigenvalue weighted by atomic mass is 35.5. The zero-order valence-electron chi connectivity index (χ0n) is 10.3. The van der Waals surface area contributed by atoms with E-state index in [-0.39, 0.29) is 10.7 Å². The van der Waals surface area contributed by atoms with Crippen molar-refractivity contribution < 1.29 is 24.4 Å². The van der Waals surface area contributed by atoms with Gasteiger partial charge in [0, 0.05) is 6.07 Å². The molecule has 0 saturated heterocycles. The topological polar surface area (TPSA) is 166 Å². The molecule has 112 valence electrons. The Kier molecular flexibility index (Phi) is 5.13. The molecular formula is C10H9ClN4O6. The van der Waals surface area contributed by atoms with Crippen LogP contribution in [0.2, 0.25) is 5.15 Å². The van der Waals surface area contributed by atoms with Crippen molar-refractivity contribution in [2.75, 3.05) is 0 Å². The number of halogens is 1. The highest BCUT2D eigenvalue weighted by Gasteiger charge is 2.25. The number of carbonyl (C=O) groups is 3. The molecule has 1 aromatic rings. The fourth-order valence-corrected chi connectivity index (χ4v) is 1.52. The first kappa shape index (κ1) is 16.3. The van der Waals surface area contributed by atoms with Crippen molar-refractivity contribution in [3.8, 4) is 0 Å². The van der Waals surface area contributed by atoms with Crippen LogP contribution in [-0.2, 0) is 9.59 Å². The lowest BCUT2D eigenvalue weighted by atomic mass is 10.1. The Hall–Kier alpha value is -2.75. The summed E-state index contributed by atoms with van der Waals surface area (Å²) in [6.07, 6.45) is 0.207. The summed E-state index contributed by atoms with van der Waals surface area (Å²) in [6.45, 7) is 0. The van der Waals surface area contributed by atoms with Gasteiger partial charge in [-0.25, -0.2) is 9.78 Å². The number of amides is 2. The SMILES string of the molecule is NC(=O)C[C@H](NC(=O)c1cc([N+](=O)[O-])cnc1Cl)C(=O)O. The van der Waals surface area contributed by atoms with Gasteiger partial charge in [-0.2, -0.15) is 0 Å². The first-order valence-corrected chi connectivity index (χ1v) is 5.72. The summed E-state index contributed by atoms with van der Waals surface area (Å²) in [6, 6.07) is -0.737. The Bertz CT molecular complexity index is 620. The van der Waals surface area contributed by atoms with Crippen LogP contribution in [0, 0.1) is 10.1 Å². The van der Waals surface area contributed by atoms with Gasteiger partial charge in [-0.05, 0) is 0 Å². The Morgan fingerprint density at radius 2 is 2.14 bits per heavy atom. The van der Waals surface area contributed by atoms with Crippen LogP contribution in [0.4, 0.5) is 5.69 Å². The Labute approximate surface area is 122 Å². The number of carbonyl (C=O) groups excluding carboxylic acids is 2. The standard InChI is InChI=1S/C10H9ClN4O6/c11-8-5(1-4(3-13-8)15(20)21)9(17)14-6(10(18)19)2-7(12)16/h1,3,6H,2H2,(H2,12,16)(H,14,17)(H,18,19)/t6-/m0/s1. The lowest BCUT2D eigenvalue weighted by Gasteiger charge is -2.13. The highest BCUT2D eigenvalue weighted by Crippen LogP contribution is 2.19. The molecule has 1 rings (SSSR count). The first-order valence-electron chi connectivity index (χ1n) is 5.34. The average molecular weight is 317 g/mol. The molecule has 10 nitrogen and oxygen atoms in total. The first-order chi connectivity index (χ1) is 9.72. The fraction of sp³-hybridized carbons (Fsp3) is 0.200. The Balaban J connectivity index is 3.02. The van der Waals surface area contributed by atoms with Crippen LogP contribution >= 0.6 is 11.6 Å². The van der Waals surface area contributed by atoms with Gasteiger partial charge in [-0.15, -0.1) is 0 Å². The lowest BCUT2D eigenvalue weighted by molar-refractivity contribution is -0.385. The zero-order valence-corrected chi connectivity index (χ0v) is 11.0. The summed E-state index contributed by atoms with van der Waals surface area (Å²) >= 11 is 5.63. The van der Waals surface area contributed by atoms with E-state index in [0.29, 0.717) is 0 Å². The van der Waals surface area contributed by atoms with Gasteiger partial charge in [-0.3, -0.25) is 19.7 Å². The number of aromatic nitrogens is 1. The van der Waals surface area contributed by atoms with Crippen LogP contribution < -0.4 is 11.1 Å². The maximum absolute atomic E-state index is 11.9. The minimum absolute atomic E-state index is 0.346. The molecule has 0 fully saturated rings. The van der Waals surface area contributed by atoms with Gasteiger partial charge in [0.05, 0.1) is 16.9 Å².